The minimum absolute atomic E-state index is 0.0380. The molecule has 4 rings (SSSR count). The standard InChI is InChI=1S/C25H27N3O3S/c1-4-16(2)26-23(29)14-28-21-13-19(10-11-22(21)31-17(3)25(28)30)20-15-32-24(27-20)12-18-8-6-5-7-9-18/h5-11,13,15-17H,4,12,14H2,1-3H3,(H,26,29). The van der Waals surface area contributed by atoms with Crippen LogP contribution in [0.1, 0.15) is 37.8 Å². The molecule has 3 aromatic rings. The number of aromatic nitrogens is 1. The quantitative estimate of drug-likeness (QED) is 0.579. The fourth-order valence-corrected chi connectivity index (χ4v) is 4.43. The van der Waals surface area contributed by atoms with Crippen LogP contribution in [0.5, 0.6) is 5.75 Å². The molecule has 32 heavy (non-hydrogen) atoms. The Bertz CT molecular complexity index is 1110. The van der Waals surface area contributed by atoms with Gasteiger partial charge in [-0.25, -0.2) is 4.98 Å². The van der Waals surface area contributed by atoms with Gasteiger partial charge in [0.1, 0.15) is 12.3 Å². The number of hydrogen-bond donors (Lipinski definition) is 1. The van der Waals surface area contributed by atoms with Gasteiger partial charge in [-0.1, -0.05) is 37.3 Å². The maximum absolute atomic E-state index is 12.8. The van der Waals surface area contributed by atoms with Gasteiger partial charge in [0.05, 0.1) is 16.4 Å². The van der Waals surface area contributed by atoms with Gasteiger partial charge in [0.25, 0.3) is 5.91 Å². The summed E-state index contributed by atoms with van der Waals surface area (Å²) in [6.07, 6.45) is 0.966. The van der Waals surface area contributed by atoms with E-state index in [0.29, 0.717) is 11.4 Å². The van der Waals surface area contributed by atoms with Crippen molar-refractivity contribution in [3.63, 3.8) is 0 Å². The highest BCUT2D eigenvalue weighted by Crippen LogP contribution is 2.37. The first-order chi connectivity index (χ1) is 15.4. The van der Waals surface area contributed by atoms with E-state index in [1.54, 1.807) is 18.3 Å². The van der Waals surface area contributed by atoms with Crippen molar-refractivity contribution in [2.45, 2.75) is 45.8 Å². The normalized spacial score (nSPS) is 16.3. The molecule has 166 valence electrons. The number of benzene rings is 2. The molecule has 6 nitrogen and oxygen atoms in total. The van der Waals surface area contributed by atoms with E-state index >= 15 is 0 Å². The third-order valence-corrected chi connectivity index (χ3v) is 6.38. The van der Waals surface area contributed by atoms with Crippen LogP contribution in [0.25, 0.3) is 11.3 Å². The molecule has 2 heterocycles. The largest absolute Gasteiger partial charge is 0.479 e. The zero-order valence-electron chi connectivity index (χ0n) is 18.5. The number of thiazole rings is 1. The summed E-state index contributed by atoms with van der Waals surface area (Å²) in [5.74, 6) is 0.186. The van der Waals surface area contributed by atoms with Crippen LogP contribution >= 0.6 is 11.3 Å². The Kier molecular flexibility index (Phi) is 6.55. The number of amides is 2. The zero-order chi connectivity index (χ0) is 22.7. The number of hydrogen-bond acceptors (Lipinski definition) is 5. The molecule has 1 N–H and O–H groups in total. The number of carbonyl (C=O) groups is 2. The lowest BCUT2D eigenvalue weighted by molar-refractivity contribution is -0.128. The van der Waals surface area contributed by atoms with Crippen LogP contribution in [-0.4, -0.2) is 35.5 Å². The molecule has 2 aromatic carbocycles. The topological polar surface area (TPSA) is 71.5 Å². The third kappa shape index (κ3) is 4.83. The number of nitrogens with one attached hydrogen (secondary N) is 1. The van der Waals surface area contributed by atoms with Crippen molar-refractivity contribution in [1.82, 2.24) is 10.3 Å². The van der Waals surface area contributed by atoms with Gasteiger partial charge in [-0.15, -0.1) is 11.3 Å². The van der Waals surface area contributed by atoms with E-state index in [0.717, 1.165) is 29.1 Å². The molecule has 1 aromatic heterocycles. The monoisotopic (exact) mass is 449 g/mol. The number of carbonyl (C=O) groups excluding carboxylic acids is 2. The van der Waals surface area contributed by atoms with Crippen LogP contribution in [0.3, 0.4) is 0 Å². The molecule has 1 aliphatic rings. The van der Waals surface area contributed by atoms with Gasteiger partial charge < -0.3 is 10.1 Å². The molecule has 2 amide bonds. The first-order valence-electron chi connectivity index (χ1n) is 10.8. The van der Waals surface area contributed by atoms with E-state index in [1.165, 1.54) is 10.5 Å². The molecule has 0 saturated carbocycles. The second kappa shape index (κ2) is 9.53. The summed E-state index contributed by atoms with van der Waals surface area (Å²) in [5, 5.41) is 5.98. The molecule has 0 spiro atoms. The predicted molar refractivity (Wildman–Crippen MR) is 127 cm³/mol. The fourth-order valence-electron chi connectivity index (χ4n) is 3.59. The maximum Gasteiger partial charge on any atom is 0.268 e. The Morgan fingerprint density at radius 1 is 1.25 bits per heavy atom. The average Bonchev–Trinajstić information content (AvgIpc) is 3.25. The van der Waals surface area contributed by atoms with Gasteiger partial charge in [-0.2, -0.15) is 0 Å². The van der Waals surface area contributed by atoms with Gasteiger partial charge in [-0.3, -0.25) is 14.5 Å². The third-order valence-electron chi connectivity index (χ3n) is 5.53. The van der Waals surface area contributed by atoms with Crippen molar-refractivity contribution >= 4 is 28.8 Å². The SMILES string of the molecule is CCC(C)NC(=O)CN1C(=O)C(C)Oc2ccc(-c3csc(Cc4ccccc4)n3)cc21. The van der Waals surface area contributed by atoms with Gasteiger partial charge in [-0.05, 0) is 44.0 Å². The Balaban J connectivity index is 1.59. The number of ether oxygens (including phenoxy) is 1. The lowest BCUT2D eigenvalue weighted by Gasteiger charge is -2.33. The summed E-state index contributed by atoms with van der Waals surface area (Å²) in [7, 11) is 0. The van der Waals surface area contributed by atoms with E-state index in [9.17, 15) is 9.59 Å². The Labute approximate surface area is 192 Å². The first-order valence-corrected chi connectivity index (χ1v) is 11.7. The van der Waals surface area contributed by atoms with Crippen molar-refractivity contribution in [3.05, 3.63) is 64.5 Å². The smallest absolute Gasteiger partial charge is 0.268 e. The predicted octanol–water partition coefficient (Wildman–Crippen LogP) is 4.43. The van der Waals surface area contributed by atoms with Crippen molar-refractivity contribution in [3.8, 4) is 17.0 Å². The van der Waals surface area contributed by atoms with Crippen LogP contribution in [0.2, 0.25) is 0 Å². The lowest BCUT2D eigenvalue weighted by Crippen LogP contribution is -2.49. The molecule has 7 heteroatoms. The second-order valence-electron chi connectivity index (χ2n) is 8.03. The van der Waals surface area contributed by atoms with Crippen LogP contribution < -0.4 is 15.0 Å². The molecule has 0 radical (unpaired) electrons. The van der Waals surface area contributed by atoms with Crippen LogP contribution in [0.15, 0.2) is 53.9 Å². The minimum atomic E-state index is -0.638. The fraction of sp³-hybridized carbons (Fsp3) is 0.320. The van der Waals surface area contributed by atoms with Gasteiger partial charge in [0, 0.05) is 23.4 Å². The van der Waals surface area contributed by atoms with Gasteiger partial charge in [0.15, 0.2) is 6.10 Å². The Morgan fingerprint density at radius 2 is 2.03 bits per heavy atom. The highest BCUT2D eigenvalue weighted by molar-refractivity contribution is 7.10. The molecule has 0 bridgehead atoms. The highest BCUT2D eigenvalue weighted by Gasteiger charge is 2.33. The van der Waals surface area contributed by atoms with Crippen LogP contribution in [0.4, 0.5) is 5.69 Å². The van der Waals surface area contributed by atoms with Crippen LogP contribution in [-0.2, 0) is 16.0 Å². The molecular formula is C25H27N3O3S. The molecule has 1 aliphatic heterocycles. The highest BCUT2D eigenvalue weighted by atomic mass is 32.1. The summed E-state index contributed by atoms with van der Waals surface area (Å²) < 4.78 is 5.79. The summed E-state index contributed by atoms with van der Waals surface area (Å²) in [6, 6.07) is 16.0. The second-order valence-corrected chi connectivity index (χ2v) is 8.98. The molecule has 2 unspecified atom stereocenters. The van der Waals surface area contributed by atoms with E-state index in [2.05, 4.69) is 17.4 Å². The van der Waals surface area contributed by atoms with Crippen molar-refractivity contribution in [2.75, 3.05) is 11.4 Å². The molecular weight excluding hydrogens is 422 g/mol. The van der Waals surface area contributed by atoms with Crippen molar-refractivity contribution in [1.29, 1.82) is 0 Å². The lowest BCUT2D eigenvalue weighted by atomic mass is 10.1. The van der Waals surface area contributed by atoms with E-state index in [4.69, 9.17) is 9.72 Å². The summed E-state index contributed by atoms with van der Waals surface area (Å²) in [4.78, 5) is 31.7. The number of anilines is 1. The molecule has 0 aliphatic carbocycles. The first kappa shape index (κ1) is 22.0. The Hall–Kier alpha value is -3.19. The number of nitrogens with zero attached hydrogens (tertiary/aromatic N) is 2. The Morgan fingerprint density at radius 3 is 2.78 bits per heavy atom. The van der Waals surface area contributed by atoms with E-state index in [1.807, 2.05) is 55.6 Å². The minimum Gasteiger partial charge on any atom is -0.479 e. The van der Waals surface area contributed by atoms with Crippen molar-refractivity contribution < 1.29 is 14.3 Å². The molecule has 0 saturated heterocycles. The number of rotatable bonds is 7. The van der Waals surface area contributed by atoms with Crippen LogP contribution in [0, 0.1) is 0 Å². The molecule has 0 fully saturated rings. The van der Waals surface area contributed by atoms with Gasteiger partial charge in [0.2, 0.25) is 5.91 Å². The maximum atomic E-state index is 12.8. The zero-order valence-corrected chi connectivity index (χ0v) is 19.3. The summed E-state index contributed by atoms with van der Waals surface area (Å²) >= 11 is 1.61. The van der Waals surface area contributed by atoms with E-state index < -0.39 is 6.10 Å². The average molecular weight is 450 g/mol. The molecule has 2 atom stereocenters. The van der Waals surface area contributed by atoms with Crippen molar-refractivity contribution in [2.24, 2.45) is 0 Å². The number of fused-ring (bicyclic) bond motifs is 1. The van der Waals surface area contributed by atoms with Gasteiger partial charge >= 0.3 is 0 Å². The summed E-state index contributed by atoms with van der Waals surface area (Å²) in [6.45, 7) is 5.62. The summed E-state index contributed by atoms with van der Waals surface area (Å²) in [5.41, 5.74) is 3.55. The van der Waals surface area contributed by atoms with E-state index in [-0.39, 0.29) is 24.4 Å².